The van der Waals surface area contributed by atoms with Gasteiger partial charge in [-0.2, -0.15) is 0 Å². The maximum atomic E-state index is 11.6. The summed E-state index contributed by atoms with van der Waals surface area (Å²) in [6, 6.07) is 6.83. The molecule has 100 valence electrons. The van der Waals surface area contributed by atoms with Gasteiger partial charge in [-0.25, -0.2) is 4.79 Å². The molecule has 0 radical (unpaired) electrons. The van der Waals surface area contributed by atoms with E-state index in [1.54, 1.807) is 24.3 Å². The fourth-order valence-corrected chi connectivity index (χ4v) is 1.46. The van der Waals surface area contributed by atoms with Crippen LogP contribution < -0.4 is 15.4 Å². The van der Waals surface area contributed by atoms with Crippen LogP contribution in [0.2, 0.25) is 0 Å². The number of aliphatic hydroxyl groups excluding tert-OH is 1. The summed E-state index contributed by atoms with van der Waals surface area (Å²) in [5.41, 5.74) is 0.701. The number of hydrogen-bond donors (Lipinski definition) is 3. The van der Waals surface area contributed by atoms with Gasteiger partial charge in [0.15, 0.2) is 0 Å². The van der Waals surface area contributed by atoms with Crippen molar-refractivity contribution in [1.29, 1.82) is 0 Å². The molecule has 18 heavy (non-hydrogen) atoms. The Balaban J connectivity index is 2.44. The second kappa shape index (κ2) is 7.55. The molecule has 1 rings (SSSR count). The molecule has 0 aliphatic rings. The Morgan fingerprint density at radius 3 is 2.61 bits per heavy atom. The zero-order valence-electron chi connectivity index (χ0n) is 10.8. The average Bonchev–Trinajstić information content (AvgIpc) is 2.32. The molecule has 0 aliphatic carbocycles. The van der Waals surface area contributed by atoms with Gasteiger partial charge in [0.2, 0.25) is 0 Å². The fourth-order valence-electron chi connectivity index (χ4n) is 1.46. The summed E-state index contributed by atoms with van der Waals surface area (Å²) in [6.07, 6.45) is 0.538. The molecular weight excluding hydrogens is 232 g/mol. The highest BCUT2D eigenvalue weighted by atomic mass is 16.5. The van der Waals surface area contributed by atoms with Crippen LogP contribution in [0.15, 0.2) is 24.3 Å². The van der Waals surface area contributed by atoms with Gasteiger partial charge in [-0.3, -0.25) is 0 Å². The minimum absolute atomic E-state index is 0.0577. The number of anilines is 1. The molecule has 0 saturated carbocycles. The minimum atomic E-state index is -0.278. The van der Waals surface area contributed by atoms with Gasteiger partial charge >= 0.3 is 6.03 Å². The number of carbonyl (C=O) groups is 1. The maximum Gasteiger partial charge on any atom is 0.319 e. The third kappa shape index (κ3) is 5.05. The lowest BCUT2D eigenvalue weighted by Crippen LogP contribution is -2.36. The molecule has 1 aromatic carbocycles. The highest BCUT2D eigenvalue weighted by molar-refractivity contribution is 5.89. The standard InChI is InChI=1S/C13H20N2O3/c1-3-18-12-6-4-11(5-7-12)15-13(17)14-10(2)8-9-16/h4-7,10,16H,3,8-9H2,1-2H3,(H2,14,15,17)/t10-/m1/s1. The van der Waals surface area contributed by atoms with E-state index in [-0.39, 0.29) is 18.7 Å². The van der Waals surface area contributed by atoms with Crippen LogP contribution in [0.1, 0.15) is 20.3 Å². The van der Waals surface area contributed by atoms with Crippen LogP contribution in [0.5, 0.6) is 5.75 Å². The van der Waals surface area contributed by atoms with Gasteiger partial charge in [0.05, 0.1) is 6.61 Å². The molecule has 3 N–H and O–H groups in total. The zero-order chi connectivity index (χ0) is 13.4. The second-order valence-electron chi connectivity index (χ2n) is 3.97. The first-order chi connectivity index (χ1) is 8.65. The third-order valence-electron chi connectivity index (χ3n) is 2.36. The molecule has 1 aromatic rings. The number of hydrogen-bond acceptors (Lipinski definition) is 3. The summed E-state index contributed by atoms with van der Waals surface area (Å²) in [4.78, 5) is 11.6. The number of ether oxygens (including phenoxy) is 1. The Hall–Kier alpha value is -1.75. The predicted molar refractivity (Wildman–Crippen MR) is 70.9 cm³/mol. The first-order valence-electron chi connectivity index (χ1n) is 6.07. The maximum absolute atomic E-state index is 11.6. The van der Waals surface area contributed by atoms with E-state index in [2.05, 4.69) is 10.6 Å². The molecule has 2 amide bonds. The van der Waals surface area contributed by atoms with Crippen molar-refractivity contribution in [2.24, 2.45) is 0 Å². The van der Waals surface area contributed by atoms with Crippen LogP contribution >= 0.6 is 0 Å². The SMILES string of the molecule is CCOc1ccc(NC(=O)N[C@H](C)CCO)cc1. The number of urea groups is 1. The zero-order valence-corrected chi connectivity index (χ0v) is 10.8. The van der Waals surface area contributed by atoms with E-state index in [0.717, 1.165) is 5.75 Å². The van der Waals surface area contributed by atoms with Gasteiger partial charge < -0.3 is 20.5 Å². The number of nitrogens with one attached hydrogen (secondary N) is 2. The average molecular weight is 252 g/mol. The summed E-state index contributed by atoms with van der Waals surface area (Å²) in [5, 5.41) is 14.2. The number of aliphatic hydroxyl groups is 1. The topological polar surface area (TPSA) is 70.6 Å². The van der Waals surface area contributed by atoms with Crippen LogP contribution in [0, 0.1) is 0 Å². The molecular formula is C13H20N2O3. The molecule has 0 saturated heterocycles. The van der Waals surface area contributed by atoms with Gasteiger partial charge in [-0.15, -0.1) is 0 Å². The molecule has 5 heteroatoms. The number of benzene rings is 1. The molecule has 0 unspecified atom stereocenters. The van der Waals surface area contributed by atoms with E-state index >= 15 is 0 Å². The van der Waals surface area contributed by atoms with Gasteiger partial charge in [0, 0.05) is 18.3 Å². The van der Waals surface area contributed by atoms with Gasteiger partial charge in [-0.1, -0.05) is 0 Å². The van der Waals surface area contributed by atoms with E-state index in [9.17, 15) is 4.79 Å². The number of rotatable bonds is 6. The van der Waals surface area contributed by atoms with E-state index in [0.29, 0.717) is 18.7 Å². The van der Waals surface area contributed by atoms with Crippen LogP contribution in [0.4, 0.5) is 10.5 Å². The molecule has 0 aromatic heterocycles. The lowest BCUT2D eigenvalue weighted by molar-refractivity contribution is 0.241. The van der Waals surface area contributed by atoms with E-state index < -0.39 is 0 Å². The molecule has 0 aliphatic heterocycles. The van der Waals surface area contributed by atoms with E-state index in [1.807, 2.05) is 13.8 Å². The van der Waals surface area contributed by atoms with Gasteiger partial charge in [-0.05, 0) is 44.5 Å². The van der Waals surface area contributed by atoms with Crippen LogP contribution in [0.3, 0.4) is 0 Å². The Kier molecular flexibility index (Phi) is 6.00. The molecule has 0 bridgehead atoms. The van der Waals surface area contributed by atoms with Crippen molar-refractivity contribution < 1.29 is 14.6 Å². The second-order valence-corrected chi connectivity index (χ2v) is 3.97. The van der Waals surface area contributed by atoms with Crippen molar-refractivity contribution >= 4 is 11.7 Å². The Morgan fingerprint density at radius 2 is 2.06 bits per heavy atom. The highest BCUT2D eigenvalue weighted by Crippen LogP contribution is 2.15. The van der Waals surface area contributed by atoms with Gasteiger partial charge in [0.25, 0.3) is 0 Å². The Bertz CT molecular complexity index is 365. The monoisotopic (exact) mass is 252 g/mol. The first-order valence-corrected chi connectivity index (χ1v) is 6.07. The molecule has 0 heterocycles. The van der Waals surface area contributed by atoms with Crippen molar-refractivity contribution in [2.75, 3.05) is 18.5 Å². The summed E-state index contributed by atoms with van der Waals surface area (Å²) < 4.78 is 5.31. The quantitative estimate of drug-likeness (QED) is 0.725. The van der Waals surface area contributed by atoms with Gasteiger partial charge in [0.1, 0.15) is 5.75 Å². The largest absolute Gasteiger partial charge is 0.494 e. The van der Waals surface area contributed by atoms with Crippen LogP contribution in [-0.4, -0.2) is 30.4 Å². The van der Waals surface area contributed by atoms with Crippen molar-refractivity contribution in [1.82, 2.24) is 5.32 Å². The van der Waals surface area contributed by atoms with Crippen molar-refractivity contribution in [2.45, 2.75) is 26.3 Å². The molecule has 0 spiro atoms. The van der Waals surface area contributed by atoms with Crippen LogP contribution in [0.25, 0.3) is 0 Å². The van der Waals surface area contributed by atoms with Crippen LogP contribution in [-0.2, 0) is 0 Å². The normalized spacial score (nSPS) is 11.7. The fraction of sp³-hybridized carbons (Fsp3) is 0.462. The molecule has 0 fully saturated rings. The van der Waals surface area contributed by atoms with E-state index in [4.69, 9.17) is 9.84 Å². The summed E-state index contributed by atoms with van der Waals surface area (Å²) >= 11 is 0. The molecule has 1 atom stereocenters. The summed E-state index contributed by atoms with van der Waals surface area (Å²) in [6.45, 7) is 4.44. The van der Waals surface area contributed by atoms with E-state index in [1.165, 1.54) is 0 Å². The number of amides is 2. The Labute approximate surface area is 107 Å². The third-order valence-corrected chi connectivity index (χ3v) is 2.36. The Morgan fingerprint density at radius 1 is 1.39 bits per heavy atom. The predicted octanol–water partition coefficient (Wildman–Crippen LogP) is 1.98. The summed E-state index contributed by atoms with van der Waals surface area (Å²) in [7, 11) is 0. The number of carbonyl (C=O) groups excluding carboxylic acids is 1. The lowest BCUT2D eigenvalue weighted by atomic mass is 10.2. The van der Waals surface area contributed by atoms with Crippen molar-refractivity contribution in [3.8, 4) is 5.75 Å². The van der Waals surface area contributed by atoms with Crippen molar-refractivity contribution in [3.05, 3.63) is 24.3 Å². The van der Waals surface area contributed by atoms with Crippen molar-refractivity contribution in [3.63, 3.8) is 0 Å². The first kappa shape index (κ1) is 14.3. The minimum Gasteiger partial charge on any atom is -0.494 e. The summed E-state index contributed by atoms with van der Waals surface area (Å²) in [5.74, 6) is 0.775. The highest BCUT2D eigenvalue weighted by Gasteiger charge is 2.06. The molecule has 5 nitrogen and oxygen atoms in total. The smallest absolute Gasteiger partial charge is 0.319 e. The lowest BCUT2D eigenvalue weighted by Gasteiger charge is -2.13.